The van der Waals surface area contributed by atoms with Crippen LogP contribution in [-0.4, -0.2) is 25.2 Å². The van der Waals surface area contributed by atoms with Gasteiger partial charge in [0, 0.05) is 7.05 Å². The number of aryl methyl sites for hydroxylation is 1. The number of carbonyl (C=O) groups excluding carboxylic acids is 1. The van der Waals surface area contributed by atoms with Crippen molar-refractivity contribution in [3.05, 3.63) is 52.0 Å². The molecule has 0 saturated carbocycles. The number of hydrazine groups is 2. The minimum Gasteiger partial charge on any atom is -0.496 e. The van der Waals surface area contributed by atoms with Gasteiger partial charge in [0.2, 0.25) is 0 Å². The third-order valence-corrected chi connectivity index (χ3v) is 4.17. The van der Waals surface area contributed by atoms with Gasteiger partial charge in [-0.3, -0.25) is 5.01 Å². The van der Waals surface area contributed by atoms with Crippen LogP contribution in [0, 0.1) is 6.92 Å². The number of benzene rings is 2. The van der Waals surface area contributed by atoms with E-state index in [-0.39, 0.29) is 6.61 Å². The summed E-state index contributed by atoms with van der Waals surface area (Å²) < 4.78 is 12.1. The fourth-order valence-electron chi connectivity index (χ4n) is 2.26. The Morgan fingerprint density at radius 1 is 1.20 bits per heavy atom. The number of anilines is 1. The molecule has 0 aliphatic rings. The molecule has 0 saturated heterocycles. The van der Waals surface area contributed by atoms with Crippen molar-refractivity contribution in [3.63, 3.8) is 0 Å². The molecule has 0 unspecified atom stereocenters. The van der Waals surface area contributed by atoms with Crippen LogP contribution in [0.5, 0.6) is 11.5 Å². The van der Waals surface area contributed by atoms with Gasteiger partial charge in [-0.05, 0) is 52.7 Å². The first-order valence-corrected chi connectivity index (χ1v) is 8.26. The molecular formula is C17H21BrN4O3. The quantitative estimate of drug-likeness (QED) is 0.450. The second-order valence-corrected chi connectivity index (χ2v) is 6.30. The zero-order chi connectivity index (χ0) is 18.6. The van der Waals surface area contributed by atoms with Gasteiger partial charge in [0.15, 0.2) is 0 Å². The lowest BCUT2D eigenvalue weighted by Crippen LogP contribution is -2.49. The Hall–Kier alpha value is -2.29. The van der Waals surface area contributed by atoms with Crippen LogP contribution in [0.3, 0.4) is 0 Å². The van der Waals surface area contributed by atoms with Gasteiger partial charge in [-0.25, -0.2) is 21.5 Å². The van der Waals surface area contributed by atoms with Crippen molar-refractivity contribution in [1.82, 2.24) is 5.01 Å². The highest BCUT2D eigenvalue weighted by molar-refractivity contribution is 9.10. The van der Waals surface area contributed by atoms with Gasteiger partial charge < -0.3 is 9.47 Å². The smallest absolute Gasteiger partial charge is 0.352 e. The average molecular weight is 409 g/mol. The molecule has 0 atom stereocenters. The summed E-state index contributed by atoms with van der Waals surface area (Å²) in [5, 5.41) is 1.87. The molecule has 0 radical (unpaired) electrons. The van der Waals surface area contributed by atoms with E-state index in [1.165, 1.54) is 7.05 Å². The second-order valence-electron chi connectivity index (χ2n) is 5.44. The molecule has 2 amide bonds. The van der Waals surface area contributed by atoms with Crippen LogP contribution in [-0.2, 0) is 6.61 Å². The third-order valence-electron chi connectivity index (χ3n) is 3.55. The summed E-state index contributed by atoms with van der Waals surface area (Å²) in [6.45, 7) is 2.16. The lowest BCUT2D eigenvalue weighted by atomic mass is 10.1. The molecule has 2 aromatic carbocycles. The van der Waals surface area contributed by atoms with Crippen LogP contribution in [0.4, 0.5) is 10.5 Å². The third kappa shape index (κ3) is 4.41. The summed E-state index contributed by atoms with van der Waals surface area (Å²) in [6, 6.07) is 10.4. The molecule has 8 heteroatoms. The zero-order valence-electron chi connectivity index (χ0n) is 14.3. The van der Waals surface area contributed by atoms with Gasteiger partial charge in [-0.1, -0.05) is 12.1 Å². The number of carbonyl (C=O) groups is 1. The fraction of sp³-hybridized carbons (Fsp3) is 0.235. The van der Waals surface area contributed by atoms with E-state index in [1.54, 1.807) is 25.3 Å². The molecule has 0 aliphatic carbocycles. The Kier molecular flexibility index (Phi) is 6.24. The van der Waals surface area contributed by atoms with Gasteiger partial charge in [-0.15, -0.1) is 0 Å². The van der Waals surface area contributed by atoms with Crippen LogP contribution in [0.2, 0.25) is 0 Å². The summed E-state index contributed by atoms with van der Waals surface area (Å²) in [7, 11) is 2.96. The number of hydrogen-bond donors (Lipinski definition) is 2. The first-order valence-electron chi connectivity index (χ1n) is 7.47. The topological polar surface area (TPSA) is 94.1 Å². The van der Waals surface area contributed by atoms with Gasteiger partial charge in [0.25, 0.3) is 0 Å². The maximum Gasteiger partial charge on any atom is 0.352 e. The molecule has 2 rings (SSSR count). The van der Waals surface area contributed by atoms with E-state index in [1.807, 2.05) is 25.1 Å². The van der Waals surface area contributed by atoms with E-state index in [0.29, 0.717) is 22.7 Å². The Morgan fingerprint density at radius 2 is 1.92 bits per heavy atom. The Bertz CT molecular complexity index is 768. The van der Waals surface area contributed by atoms with Gasteiger partial charge in [-0.2, -0.15) is 0 Å². The first-order chi connectivity index (χ1) is 11.8. The summed E-state index contributed by atoms with van der Waals surface area (Å²) in [5.41, 5.74) is 2.20. The highest BCUT2D eigenvalue weighted by atomic mass is 79.9. The van der Waals surface area contributed by atoms with Crippen molar-refractivity contribution in [2.45, 2.75) is 13.5 Å². The van der Waals surface area contributed by atoms with Gasteiger partial charge in [0.05, 0.1) is 22.8 Å². The number of halogens is 1. The highest BCUT2D eigenvalue weighted by Crippen LogP contribution is 2.32. The van der Waals surface area contributed by atoms with Crippen LogP contribution in [0.15, 0.2) is 40.9 Å². The van der Waals surface area contributed by atoms with Crippen molar-refractivity contribution < 1.29 is 14.3 Å². The Balaban J connectivity index is 2.33. The lowest BCUT2D eigenvalue weighted by molar-refractivity contribution is 0.216. The van der Waals surface area contributed by atoms with Crippen molar-refractivity contribution in [2.75, 3.05) is 19.2 Å². The molecule has 0 aliphatic heterocycles. The predicted molar refractivity (Wildman–Crippen MR) is 100 cm³/mol. The van der Waals surface area contributed by atoms with E-state index < -0.39 is 6.03 Å². The summed E-state index contributed by atoms with van der Waals surface area (Å²) >= 11 is 3.48. The fourth-order valence-corrected chi connectivity index (χ4v) is 2.87. The number of hydrogen-bond acceptors (Lipinski definition) is 5. The molecule has 25 heavy (non-hydrogen) atoms. The van der Waals surface area contributed by atoms with Gasteiger partial charge >= 0.3 is 6.03 Å². The zero-order valence-corrected chi connectivity index (χ0v) is 15.9. The first kappa shape index (κ1) is 19.0. The largest absolute Gasteiger partial charge is 0.496 e. The molecule has 0 aromatic heterocycles. The summed E-state index contributed by atoms with van der Waals surface area (Å²) in [5.74, 6) is 12.6. The number of ether oxygens (including phenoxy) is 2. The number of amides is 2. The van der Waals surface area contributed by atoms with Crippen LogP contribution in [0.25, 0.3) is 0 Å². The molecule has 0 heterocycles. The van der Waals surface area contributed by atoms with E-state index in [4.69, 9.17) is 21.2 Å². The van der Waals surface area contributed by atoms with Crippen molar-refractivity contribution in [3.8, 4) is 11.5 Å². The standard InChI is InChI=1S/C17H21BrN4O3/c1-11-7-8-16(13(18)9-11)25-10-12-14(5-4-6-15(12)24-3)22(20)17(23)21(2)19/h4-9H,10,19-20H2,1-3H3. The van der Waals surface area contributed by atoms with E-state index >= 15 is 0 Å². The predicted octanol–water partition coefficient (Wildman–Crippen LogP) is 2.95. The molecule has 0 spiro atoms. The van der Waals surface area contributed by atoms with Crippen molar-refractivity contribution >= 4 is 27.6 Å². The van der Waals surface area contributed by atoms with Crippen LogP contribution < -0.4 is 26.2 Å². The highest BCUT2D eigenvalue weighted by Gasteiger charge is 2.20. The molecule has 7 nitrogen and oxygen atoms in total. The number of rotatable bonds is 5. The molecule has 4 N–H and O–H groups in total. The number of nitrogens with two attached hydrogens (primary N) is 2. The van der Waals surface area contributed by atoms with Crippen LogP contribution in [0.1, 0.15) is 11.1 Å². The van der Waals surface area contributed by atoms with E-state index in [0.717, 1.165) is 20.1 Å². The maximum atomic E-state index is 12.1. The monoisotopic (exact) mass is 408 g/mol. The minimum atomic E-state index is -0.564. The van der Waals surface area contributed by atoms with Gasteiger partial charge in [0.1, 0.15) is 18.1 Å². The SMILES string of the molecule is COc1cccc(N(N)C(=O)N(C)N)c1COc1ccc(C)cc1Br. The number of methoxy groups -OCH3 is 1. The van der Waals surface area contributed by atoms with Crippen molar-refractivity contribution in [2.24, 2.45) is 11.7 Å². The Morgan fingerprint density at radius 3 is 2.52 bits per heavy atom. The number of urea groups is 1. The molecule has 0 bridgehead atoms. The lowest BCUT2D eigenvalue weighted by Gasteiger charge is -2.24. The molecule has 0 fully saturated rings. The molecular weight excluding hydrogens is 388 g/mol. The van der Waals surface area contributed by atoms with E-state index in [2.05, 4.69) is 15.9 Å². The molecule has 134 valence electrons. The summed E-state index contributed by atoms with van der Waals surface area (Å²) in [4.78, 5) is 12.1. The number of nitrogens with zero attached hydrogens (tertiary/aromatic N) is 2. The van der Waals surface area contributed by atoms with Crippen LogP contribution >= 0.6 is 15.9 Å². The van der Waals surface area contributed by atoms with E-state index in [9.17, 15) is 4.79 Å². The minimum absolute atomic E-state index is 0.163. The average Bonchev–Trinajstić information content (AvgIpc) is 2.59. The van der Waals surface area contributed by atoms with Crippen molar-refractivity contribution in [1.29, 1.82) is 0 Å². The molecule has 2 aromatic rings. The maximum absolute atomic E-state index is 12.1. The summed E-state index contributed by atoms with van der Waals surface area (Å²) in [6.07, 6.45) is 0. The Labute approximate surface area is 155 Å². The second kappa shape index (κ2) is 8.19. The normalized spacial score (nSPS) is 10.3.